The maximum absolute atomic E-state index is 13.0. The molecule has 3 atom stereocenters. The Balaban J connectivity index is 1.80. The van der Waals surface area contributed by atoms with Crippen LogP contribution < -0.4 is 5.32 Å². The van der Waals surface area contributed by atoms with Crippen molar-refractivity contribution in [3.05, 3.63) is 71.8 Å². The lowest BCUT2D eigenvalue weighted by atomic mass is 9.85. The Bertz CT molecular complexity index is 799. The van der Waals surface area contributed by atoms with Crippen LogP contribution in [0.2, 0.25) is 18.1 Å². The number of amides is 1. The third kappa shape index (κ3) is 5.58. The minimum absolute atomic E-state index is 0.0195. The lowest BCUT2D eigenvalue weighted by Gasteiger charge is -2.44. The van der Waals surface area contributed by atoms with E-state index in [1.807, 2.05) is 24.3 Å². The van der Waals surface area contributed by atoms with Crippen molar-refractivity contribution < 1.29 is 9.22 Å². The first kappa shape index (κ1) is 21.8. The molecule has 0 radical (unpaired) electrons. The quantitative estimate of drug-likeness (QED) is 0.652. The monoisotopic (exact) mass is 409 g/mol. The van der Waals surface area contributed by atoms with Crippen LogP contribution in [-0.2, 0) is 22.1 Å². The number of hydrogen-bond donors (Lipinski definition) is 1. The number of benzene rings is 2. The van der Waals surface area contributed by atoms with Crippen molar-refractivity contribution in [3.8, 4) is 0 Å². The van der Waals surface area contributed by atoms with E-state index < -0.39 is 8.32 Å². The molecule has 1 fully saturated rings. The predicted octanol–water partition coefficient (Wildman–Crippen LogP) is 5.37. The van der Waals surface area contributed by atoms with E-state index in [1.165, 1.54) is 11.1 Å². The van der Waals surface area contributed by atoms with Gasteiger partial charge in [0.25, 0.3) is 0 Å². The van der Waals surface area contributed by atoms with Gasteiger partial charge in [0.15, 0.2) is 8.32 Å². The van der Waals surface area contributed by atoms with E-state index in [0.29, 0.717) is 0 Å². The van der Waals surface area contributed by atoms with E-state index in [0.717, 1.165) is 19.3 Å². The number of piperidine rings is 1. The van der Waals surface area contributed by atoms with Gasteiger partial charge in [-0.15, -0.1) is 0 Å². The molecular weight excluding hydrogens is 374 g/mol. The Hall–Kier alpha value is -1.91. The highest BCUT2D eigenvalue weighted by atomic mass is 28.4. The van der Waals surface area contributed by atoms with E-state index in [4.69, 9.17) is 4.43 Å². The summed E-state index contributed by atoms with van der Waals surface area (Å²) in [5.41, 5.74) is 2.45. The molecule has 0 spiro atoms. The summed E-state index contributed by atoms with van der Waals surface area (Å²) in [6, 6.07) is 20.7. The average molecular weight is 410 g/mol. The van der Waals surface area contributed by atoms with Gasteiger partial charge in [-0.25, -0.2) is 0 Å². The molecule has 1 heterocycles. The van der Waals surface area contributed by atoms with Crippen LogP contribution in [-0.4, -0.2) is 26.4 Å². The molecule has 1 aliphatic rings. The highest BCUT2D eigenvalue weighted by Crippen LogP contribution is 2.39. The molecule has 156 valence electrons. The maximum atomic E-state index is 13.0. The fourth-order valence-corrected chi connectivity index (χ4v) is 5.13. The standard InChI is InChI=1S/C25H35NO2Si/c1-25(2,3)29(4,5)28-23-18-21(16-19-12-8-6-9-13-19)24(27)26-22(23)17-20-14-10-7-11-15-20/h6-15,21-23H,16-18H2,1-5H3,(H,26,27)/t21-,22+,23+/m0/s1. The van der Waals surface area contributed by atoms with Crippen molar-refractivity contribution >= 4 is 14.2 Å². The number of nitrogens with one attached hydrogen (secondary N) is 1. The molecule has 4 heteroatoms. The molecule has 29 heavy (non-hydrogen) atoms. The van der Waals surface area contributed by atoms with E-state index in [1.54, 1.807) is 0 Å². The molecule has 3 nitrogen and oxygen atoms in total. The molecule has 2 aromatic carbocycles. The minimum Gasteiger partial charge on any atom is -0.412 e. The van der Waals surface area contributed by atoms with Crippen molar-refractivity contribution in [2.24, 2.45) is 5.92 Å². The van der Waals surface area contributed by atoms with Crippen LogP contribution in [0.15, 0.2) is 60.7 Å². The van der Waals surface area contributed by atoms with Crippen LogP contribution in [0.5, 0.6) is 0 Å². The summed E-state index contributed by atoms with van der Waals surface area (Å²) in [5.74, 6) is 0.115. The van der Waals surface area contributed by atoms with Crippen molar-refractivity contribution in [2.45, 2.75) is 70.3 Å². The Morgan fingerprint density at radius 2 is 1.45 bits per heavy atom. The summed E-state index contributed by atoms with van der Waals surface area (Å²) in [6.07, 6.45) is 2.40. The van der Waals surface area contributed by atoms with Gasteiger partial charge in [0.05, 0.1) is 12.1 Å². The fraction of sp³-hybridized carbons (Fsp3) is 0.480. The van der Waals surface area contributed by atoms with Gasteiger partial charge in [-0.3, -0.25) is 4.79 Å². The van der Waals surface area contributed by atoms with Crippen LogP contribution in [0.1, 0.15) is 38.3 Å². The normalized spacial score (nSPS) is 22.9. The number of carbonyl (C=O) groups is 1. The molecule has 0 aromatic heterocycles. The lowest BCUT2D eigenvalue weighted by molar-refractivity contribution is -0.130. The van der Waals surface area contributed by atoms with Crippen molar-refractivity contribution in [3.63, 3.8) is 0 Å². The molecule has 1 N–H and O–H groups in total. The van der Waals surface area contributed by atoms with Crippen molar-refractivity contribution in [2.75, 3.05) is 0 Å². The van der Waals surface area contributed by atoms with E-state index >= 15 is 0 Å². The zero-order chi connectivity index (χ0) is 21.1. The summed E-state index contributed by atoms with van der Waals surface area (Å²) in [5, 5.41) is 3.46. The Morgan fingerprint density at radius 3 is 1.97 bits per heavy atom. The zero-order valence-corrected chi connectivity index (χ0v) is 19.4. The Labute approximate surface area is 177 Å². The van der Waals surface area contributed by atoms with Gasteiger partial charge < -0.3 is 9.74 Å². The SMILES string of the molecule is CC(C)(C)[Si](C)(C)O[C@@H]1C[C@H](Cc2ccccc2)C(=O)N[C@@H]1Cc1ccccc1. The molecule has 0 bridgehead atoms. The second kappa shape index (κ2) is 8.84. The molecule has 0 aliphatic carbocycles. The van der Waals surface area contributed by atoms with Gasteiger partial charge >= 0.3 is 0 Å². The molecule has 1 amide bonds. The Kier molecular flexibility index (Phi) is 6.64. The van der Waals surface area contributed by atoms with Crippen molar-refractivity contribution in [1.29, 1.82) is 0 Å². The lowest BCUT2D eigenvalue weighted by Crippen LogP contribution is -2.58. The van der Waals surface area contributed by atoms with E-state index in [2.05, 4.69) is 75.6 Å². The van der Waals surface area contributed by atoms with Crippen LogP contribution in [0.4, 0.5) is 0 Å². The van der Waals surface area contributed by atoms with Gasteiger partial charge in [0.2, 0.25) is 5.91 Å². The minimum atomic E-state index is -1.95. The second-order valence-corrected chi connectivity index (χ2v) is 14.6. The van der Waals surface area contributed by atoms with Gasteiger partial charge in [-0.2, -0.15) is 0 Å². The van der Waals surface area contributed by atoms with Crippen LogP contribution in [0.3, 0.4) is 0 Å². The third-order valence-corrected chi connectivity index (χ3v) is 11.0. The van der Waals surface area contributed by atoms with E-state index in [9.17, 15) is 4.79 Å². The molecule has 1 aliphatic heterocycles. The fourth-order valence-electron chi connectivity index (χ4n) is 3.76. The highest BCUT2D eigenvalue weighted by molar-refractivity contribution is 6.74. The number of rotatable bonds is 6. The van der Waals surface area contributed by atoms with Gasteiger partial charge in [0, 0.05) is 5.92 Å². The topological polar surface area (TPSA) is 38.3 Å². The predicted molar refractivity (Wildman–Crippen MR) is 122 cm³/mol. The molecule has 0 unspecified atom stereocenters. The first-order valence-corrected chi connectivity index (χ1v) is 13.6. The largest absolute Gasteiger partial charge is 0.412 e. The number of hydrogen-bond acceptors (Lipinski definition) is 2. The third-order valence-electron chi connectivity index (χ3n) is 6.54. The van der Waals surface area contributed by atoms with Gasteiger partial charge in [-0.1, -0.05) is 81.4 Å². The second-order valence-electron chi connectivity index (χ2n) is 9.84. The first-order valence-electron chi connectivity index (χ1n) is 10.7. The molecule has 2 aromatic rings. The maximum Gasteiger partial charge on any atom is 0.223 e. The van der Waals surface area contributed by atoms with Gasteiger partial charge in [-0.05, 0) is 48.5 Å². The average Bonchev–Trinajstić information content (AvgIpc) is 2.66. The number of carbonyl (C=O) groups excluding carboxylic acids is 1. The summed E-state index contributed by atoms with van der Waals surface area (Å²) in [6.45, 7) is 11.4. The van der Waals surface area contributed by atoms with Crippen LogP contribution in [0, 0.1) is 5.92 Å². The zero-order valence-electron chi connectivity index (χ0n) is 18.4. The molecular formula is C25H35NO2Si. The molecule has 1 saturated heterocycles. The molecule has 0 saturated carbocycles. The summed E-state index contributed by atoms with van der Waals surface area (Å²) >= 11 is 0. The summed E-state index contributed by atoms with van der Waals surface area (Å²) < 4.78 is 6.87. The highest BCUT2D eigenvalue weighted by Gasteiger charge is 2.44. The van der Waals surface area contributed by atoms with Crippen LogP contribution >= 0.6 is 0 Å². The van der Waals surface area contributed by atoms with Crippen molar-refractivity contribution in [1.82, 2.24) is 5.32 Å². The first-order chi connectivity index (χ1) is 13.7. The molecule has 3 rings (SSSR count). The summed E-state index contributed by atoms with van der Waals surface area (Å²) in [4.78, 5) is 13.0. The smallest absolute Gasteiger partial charge is 0.223 e. The van der Waals surface area contributed by atoms with Gasteiger partial charge in [0.1, 0.15) is 0 Å². The van der Waals surface area contributed by atoms with E-state index in [-0.39, 0.29) is 29.0 Å². The van der Waals surface area contributed by atoms with Crippen LogP contribution in [0.25, 0.3) is 0 Å². The summed E-state index contributed by atoms with van der Waals surface area (Å²) in [7, 11) is -1.95. The Morgan fingerprint density at radius 1 is 0.931 bits per heavy atom.